The van der Waals surface area contributed by atoms with Gasteiger partial charge in [0.05, 0.1) is 11.4 Å². The van der Waals surface area contributed by atoms with Gasteiger partial charge in [-0.15, -0.1) is 11.3 Å². The summed E-state index contributed by atoms with van der Waals surface area (Å²) in [6.45, 7) is 4.71. The van der Waals surface area contributed by atoms with Crippen molar-refractivity contribution >= 4 is 48.6 Å². The van der Waals surface area contributed by atoms with E-state index >= 15 is 0 Å². The van der Waals surface area contributed by atoms with Crippen LogP contribution in [0.25, 0.3) is 31.3 Å². The van der Waals surface area contributed by atoms with E-state index in [1.807, 2.05) is 11.3 Å². The zero-order valence-electron chi connectivity index (χ0n) is 19.8. The molecule has 0 saturated carbocycles. The largest absolute Gasteiger partial charge is 0.310 e. The molecule has 2 heterocycles. The van der Waals surface area contributed by atoms with Gasteiger partial charge in [0.15, 0.2) is 0 Å². The molecule has 0 aliphatic carbocycles. The Morgan fingerprint density at radius 2 is 1.20 bits per heavy atom. The van der Waals surface area contributed by atoms with E-state index in [-0.39, 0.29) is 5.41 Å². The average molecular weight is 468 g/mol. The highest BCUT2D eigenvalue weighted by atomic mass is 32.1. The Morgan fingerprint density at radius 1 is 0.543 bits per heavy atom. The number of para-hydroxylation sites is 2. The van der Waals surface area contributed by atoms with Crippen molar-refractivity contribution in [2.45, 2.75) is 19.3 Å². The van der Waals surface area contributed by atoms with Crippen LogP contribution in [0.5, 0.6) is 0 Å². The number of benzene rings is 5. The van der Waals surface area contributed by atoms with Crippen LogP contribution in [0.4, 0.5) is 17.1 Å². The van der Waals surface area contributed by atoms with E-state index in [9.17, 15) is 0 Å². The van der Waals surface area contributed by atoms with Crippen LogP contribution in [-0.4, -0.2) is 0 Å². The molecule has 0 unspecified atom stereocenters. The lowest BCUT2D eigenvalue weighted by atomic mass is 9.73. The SMILES string of the molecule is CC1(C)c2ccccc2N(c2ccccc2)c2ccc(-c3ccc4sc5ccccc5c4c3)cc21. The van der Waals surface area contributed by atoms with Crippen LogP contribution in [0.1, 0.15) is 25.0 Å². The van der Waals surface area contributed by atoms with E-state index in [2.05, 4.69) is 134 Å². The molecule has 1 aromatic heterocycles. The molecule has 2 heteroatoms. The molecule has 168 valence electrons. The number of thiophene rings is 1. The highest BCUT2D eigenvalue weighted by molar-refractivity contribution is 7.25. The molecule has 0 bridgehead atoms. The van der Waals surface area contributed by atoms with Crippen LogP contribution in [0.3, 0.4) is 0 Å². The molecule has 0 spiro atoms. The van der Waals surface area contributed by atoms with Gasteiger partial charge in [0.1, 0.15) is 0 Å². The Morgan fingerprint density at radius 3 is 2.09 bits per heavy atom. The number of hydrogen-bond acceptors (Lipinski definition) is 2. The third kappa shape index (κ3) is 3.07. The summed E-state index contributed by atoms with van der Waals surface area (Å²) in [6, 6.07) is 42.2. The molecule has 0 radical (unpaired) electrons. The van der Waals surface area contributed by atoms with E-state index in [0.717, 1.165) is 0 Å². The van der Waals surface area contributed by atoms with Crippen molar-refractivity contribution < 1.29 is 0 Å². The van der Waals surface area contributed by atoms with Gasteiger partial charge in [-0.05, 0) is 70.8 Å². The van der Waals surface area contributed by atoms with E-state index < -0.39 is 0 Å². The summed E-state index contributed by atoms with van der Waals surface area (Å²) >= 11 is 1.87. The van der Waals surface area contributed by atoms with Gasteiger partial charge in [-0.25, -0.2) is 0 Å². The van der Waals surface area contributed by atoms with E-state index in [4.69, 9.17) is 0 Å². The smallest absolute Gasteiger partial charge is 0.0503 e. The van der Waals surface area contributed by atoms with Gasteiger partial charge >= 0.3 is 0 Å². The Bertz CT molecular complexity index is 1730. The van der Waals surface area contributed by atoms with Crippen molar-refractivity contribution in [3.63, 3.8) is 0 Å². The molecule has 0 atom stereocenters. The Hall–Kier alpha value is -3.88. The molecule has 1 aliphatic rings. The number of fused-ring (bicyclic) bond motifs is 5. The fourth-order valence-electron chi connectivity index (χ4n) is 5.64. The minimum Gasteiger partial charge on any atom is -0.310 e. The van der Waals surface area contributed by atoms with Crippen LogP contribution < -0.4 is 4.90 Å². The summed E-state index contributed by atoms with van der Waals surface area (Å²) in [4.78, 5) is 2.41. The van der Waals surface area contributed by atoms with Gasteiger partial charge in [-0.1, -0.05) is 80.6 Å². The molecule has 0 N–H and O–H groups in total. The standard InChI is InChI=1S/C33H25NS/c1-33(2)27-13-7-8-14-29(27)34(24-10-4-3-5-11-24)30-18-16-23(21-28(30)33)22-17-19-32-26(20-22)25-12-6-9-15-31(25)35-32/h3-21H,1-2H3. The van der Waals surface area contributed by atoms with Gasteiger partial charge in [0.25, 0.3) is 0 Å². The third-order valence-corrected chi connectivity index (χ3v) is 8.61. The summed E-state index contributed by atoms with van der Waals surface area (Å²) in [5.41, 5.74) is 8.84. The first-order valence-corrected chi connectivity index (χ1v) is 12.9. The maximum absolute atomic E-state index is 2.41. The van der Waals surface area contributed by atoms with Crippen molar-refractivity contribution in [1.82, 2.24) is 0 Å². The molecular formula is C33H25NS. The number of nitrogens with zero attached hydrogens (tertiary/aromatic N) is 1. The van der Waals surface area contributed by atoms with Crippen LogP contribution in [0.15, 0.2) is 115 Å². The van der Waals surface area contributed by atoms with E-state index in [0.29, 0.717) is 0 Å². The van der Waals surface area contributed by atoms with Crippen molar-refractivity contribution in [3.8, 4) is 11.1 Å². The van der Waals surface area contributed by atoms with Gasteiger partial charge in [-0.2, -0.15) is 0 Å². The molecule has 0 saturated heterocycles. The first kappa shape index (κ1) is 20.5. The minimum absolute atomic E-state index is 0.105. The van der Waals surface area contributed by atoms with Gasteiger partial charge in [0, 0.05) is 31.3 Å². The van der Waals surface area contributed by atoms with Crippen molar-refractivity contribution in [2.24, 2.45) is 0 Å². The maximum atomic E-state index is 2.41. The van der Waals surface area contributed by atoms with Crippen molar-refractivity contribution in [1.29, 1.82) is 0 Å². The summed E-state index contributed by atoms with van der Waals surface area (Å²) < 4.78 is 2.69. The second-order valence-electron chi connectivity index (χ2n) is 9.85. The van der Waals surface area contributed by atoms with Crippen LogP contribution >= 0.6 is 11.3 Å². The topological polar surface area (TPSA) is 3.24 Å². The Balaban J connectivity index is 1.44. The first-order valence-electron chi connectivity index (χ1n) is 12.1. The second kappa shape index (κ2) is 7.56. The zero-order valence-corrected chi connectivity index (χ0v) is 20.6. The monoisotopic (exact) mass is 467 g/mol. The van der Waals surface area contributed by atoms with Gasteiger partial charge < -0.3 is 4.90 Å². The lowest BCUT2D eigenvalue weighted by Gasteiger charge is -2.42. The third-order valence-electron chi connectivity index (χ3n) is 7.45. The van der Waals surface area contributed by atoms with Crippen LogP contribution in [0, 0.1) is 0 Å². The van der Waals surface area contributed by atoms with Crippen molar-refractivity contribution in [2.75, 3.05) is 4.90 Å². The number of rotatable bonds is 2. The Kier molecular flexibility index (Phi) is 4.43. The highest BCUT2D eigenvalue weighted by Crippen LogP contribution is 2.52. The summed E-state index contributed by atoms with van der Waals surface area (Å²) in [5.74, 6) is 0. The zero-order chi connectivity index (χ0) is 23.6. The van der Waals surface area contributed by atoms with E-state index in [1.54, 1.807) is 0 Å². The fourth-order valence-corrected chi connectivity index (χ4v) is 6.73. The minimum atomic E-state index is -0.105. The molecule has 0 amide bonds. The first-order chi connectivity index (χ1) is 17.1. The average Bonchev–Trinajstić information content (AvgIpc) is 3.27. The molecular weight excluding hydrogens is 442 g/mol. The summed E-state index contributed by atoms with van der Waals surface area (Å²) in [7, 11) is 0. The molecule has 35 heavy (non-hydrogen) atoms. The van der Waals surface area contributed by atoms with E-state index in [1.165, 1.54) is 59.5 Å². The summed E-state index contributed by atoms with van der Waals surface area (Å²) in [6.07, 6.45) is 0. The lowest BCUT2D eigenvalue weighted by molar-refractivity contribution is 0.632. The van der Waals surface area contributed by atoms with Crippen LogP contribution in [-0.2, 0) is 5.41 Å². The molecule has 1 aliphatic heterocycles. The van der Waals surface area contributed by atoms with Gasteiger partial charge in [0.2, 0.25) is 0 Å². The normalized spacial score (nSPS) is 14.2. The predicted molar refractivity (Wildman–Crippen MR) is 152 cm³/mol. The summed E-state index contributed by atoms with van der Waals surface area (Å²) in [5, 5.41) is 2.69. The molecule has 0 fully saturated rings. The lowest BCUT2D eigenvalue weighted by Crippen LogP contribution is -2.30. The van der Waals surface area contributed by atoms with Crippen LogP contribution in [0.2, 0.25) is 0 Å². The fraction of sp³-hybridized carbons (Fsp3) is 0.0909. The molecule has 6 aromatic rings. The molecule has 7 rings (SSSR count). The predicted octanol–water partition coefficient (Wildman–Crippen LogP) is 9.83. The van der Waals surface area contributed by atoms with Gasteiger partial charge in [-0.3, -0.25) is 0 Å². The highest BCUT2D eigenvalue weighted by Gasteiger charge is 2.36. The second-order valence-corrected chi connectivity index (χ2v) is 10.9. The number of hydrogen-bond donors (Lipinski definition) is 0. The quantitative estimate of drug-likeness (QED) is 0.245. The maximum Gasteiger partial charge on any atom is 0.0503 e. The number of anilines is 3. The molecule has 5 aromatic carbocycles. The van der Waals surface area contributed by atoms with Crippen molar-refractivity contribution in [3.05, 3.63) is 126 Å². The molecule has 1 nitrogen and oxygen atoms in total. The Labute approximate surface area is 209 Å².